The van der Waals surface area contributed by atoms with E-state index in [2.05, 4.69) is 31.0 Å². The summed E-state index contributed by atoms with van der Waals surface area (Å²) in [7, 11) is 0. The van der Waals surface area contributed by atoms with Crippen LogP contribution >= 0.6 is 11.3 Å². The monoisotopic (exact) mass is 281 g/mol. The van der Waals surface area contributed by atoms with E-state index in [4.69, 9.17) is 4.98 Å². The summed E-state index contributed by atoms with van der Waals surface area (Å²) >= 11 is 1.90. The Bertz CT molecular complexity index is 381. The van der Waals surface area contributed by atoms with E-state index in [0.717, 1.165) is 19.5 Å². The molecule has 0 aliphatic carbocycles. The molecule has 1 saturated heterocycles. The summed E-state index contributed by atoms with van der Waals surface area (Å²) in [5, 5.41) is 4.81. The topological polar surface area (TPSA) is 28.2 Å². The first-order valence-electron chi connectivity index (χ1n) is 7.65. The minimum atomic E-state index is 0.709. The van der Waals surface area contributed by atoms with Crippen LogP contribution in [0, 0.1) is 5.92 Å². The lowest BCUT2D eigenvalue weighted by Gasteiger charge is -2.12. The largest absolute Gasteiger partial charge is 0.348 e. The van der Waals surface area contributed by atoms with Crippen LogP contribution < -0.4 is 10.2 Å². The zero-order valence-electron chi connectivity index (χ0n) is 12.5. The van der Waals surface area contributed by atoms with Crippen molar-refractivity contribution in [2.45, 2.75) is 53.0 Å². The number of hydrogen-bond acceptors (Lipinski definition) is 4. The highest BCUT2D eigenvalue weighted by Crippen LogP contribution is 2.29. The normalized spacial score (nSPS) is 15.7. The van der Waals surface area contributed by atoms with Crippen LogP contribution in [0.15, 0.2) is 0 Å². The van der Waals surface area contributed by atoms with Crippen LogP contribution in [0.4, 0.5) is 5.13 Å². The highest BCUT2D eigenvalue weighted by molar-refractivity contribution is 7.15. The Morgan fingerprint density at radius 3 is 2.68 bits per heavy atom. The lowest BCUT2D eigenvalue weighted by Crippen LogP contribution is -2.19. The summed E-state index contributed by atoms with van der Waals surface area (Å²) in [5.41, 5.74) is 1.32. The van der Waals surface area contributed by atoms with Gasteiger partial charge in [-0.05, 0) is 31.7 Å². The van der Waals surface area contributed by atoms with Crippen molar-refractivity contribution in [3.8, 4) is 0 Å². The fourth-order valence-corrected chi connectivity index (χ4v) is 3.59. The van der Waals surface area contributed by atoms with Crippen molar-refractivity contribution in [3.63, 3.8) is 0 Å². The molecule has 1 aromatic rings. The number of aromatic nitrogens is 1. The van der Waals surface area contributed by atoms with Crippen LogP contribution in [0.5, 0.6) is 0 Å². The second-order valence-corrected chi connectivity index (χ2v) is 6.90. The molecule has 0 atom stereocenters. The highest BCUT2D eigenvalue weighted by Gasteiger charge is 2.18. The zero-order chi connectivity index (χ0) is 13.7. The molecule has 1 fully saturated rings. The second kappa shape index (κ2) is 7.25. The van der Waals surface area contributed by atoms with Gasteiger partial charge in [0.05, 0.1) is 5.69 Å². The van der Waals surface area contributed by atoms with Crippen LogP contribution in [0.2, 0.25) is 0 Å². The van der Waals surface area contributed by atoms with Gasteiger partial charge in [-0.25, -0.2) is 4.98 Å². The third-order valence-electron chi connectivity index (χ3n) is 3.47. The number of thiazole rings is 1. The smallest absolute Gasteiger partial charge is 0.185 e. The first kappa shape index (κ1) is 14.8. The maximum absolute atomic E-state index is 4.88. The maximum atomic E-state index is 4.88. The summed E-state index contributed by atoms with van der Waals surface area (Å²) in [5.74, 6) is 0.709. The molecule has 4 heteroatoms. The molecule has 0 radical (unpaired) electrons. The van der Waals surface area contributed by atoms with Crippen LogP contribution in [-0.2, 0) is 13.0 Å². The first-order valence-corrected chi connectivity index (χ1v) is 8.46. The van der Waals surface area contributed by atoms with Crippen molar-refractivity contribution in [2.24, 2.45) is 5.92 Å². The zero-order valence-corrected chi connectivity index (χ0v) is 13.4. The molecular formula is C15H27N3S. The number of nitrogens with one attached hydrogen (secondary N) is 1. The summed E-state index contributed by atoms with van der Waals surface area (Å²) < 4.78 is 0. The predicted octanol–water partition coefficient (Wildman–Crippen LogP) is 3.44. The number of rotatable bonds is 7. The van der Waals surface area contributed by atoms with Gasteiger partial charge in [0.2, 0.25) is 0 Å². The highest BCUT2D eigenvalue weighted by atomic mass is 32.1. The van der Waals surface area contributed by atoms with Gasteiger partial charge in [-0.3, -0.25) is 0 Å². The van der Waals surface area contributed by atoms with Crippen LogP contribution in [0.1, 0.15) is 50.6 Å². The van der Waals surface area contributed by atoms with Crippen LogP contribution in [-0.4, -0.2) is 24.6 Å². The average molecular weight is 281 g/mol. The van der Waals surface area contributed by atoms with Gasteiger partial charge in [0.15, 0.2) is 5.13 Å². The fourth-order valence-electron chi connectivity index (χ4n) is 2.46. The molecule has 2 rings (SSSR count). The van der Waals surface area contributed by atoms with E-state index in [1.807, 2.05) is 11.3 Å². The number of anilines is 1. The molecule has 0 unspecified atom stereocenters. The molecule has 0 saturated carbocycles. The molecule has 1 aromatic heterocycles. The van der Waals surface area contributed by atoms with Gasteiger partial charge in [0.1, 0.15) is 0 Å². The number of aryl methyl sites for hydroxylation is 1. The third kappa shape index (κ3) is 4.18. The van der Waals surface area contributed by atoms with Crippen LogP contribution in [0.25, 0.3) is 0 Å². The maximum Gasteiger partial charge on any atom is 0.185 e. The van der Waals surface area contributed by atoms with Crippen molar-refractivity contribution in [3.05, 3.63) is 10.6 Å². The molecular weight excluding hydrogens is 254 g/mol. The standard InChI is InChI=1S/C15H27N3S/c1-4-7-13-14(11-16-10-12(2)3)19-15(17-13)18-8-5-6-9-18/h12,16H,4-11H2,1-3H3. The van der Waals surface area contributed by atoms with Gasteiger partial charge in [0.25, 0.3) is 0 Å². The molecule has 1 N–H and O–H groups in total. The van der Waals surface area contributed by atoms with E-state index in [1.165, 1.54) is 48.1 Å². The SMILES string of the molecule is CCCc1nc(N2CCCC2)sc1CNCC(C)C. The van der Waals surface area contributed by atoms with Gasteiger partial charge in [-0.2, -0.15) is 0 Å². The molecule has 1 aliphatic rings. The predicted molar refractivity (Wildman–Crippen MR) is 84.1 cm³/mol. The van der Waals surface area contributed by atoms with Crippen molar-refractivity contribution < 1.29 is 0 Å². The van der Waals surface area contributed by atoms with Crippen molar-refractivity contribution in [1.82, 2.24) is 10.3 Å². The molecule has 0 bridgehead atoms. The van der Waals surface area contributed by atoms with Gasteiger partial charge in [-0.1, -0.05) is 27.2 Å². The van der Waals surface area contributed by atoms with Crippen molar-refractivity contribution >= 4 is 16.5 Å². The lowest BCUT2D eigenvalue weighted by molar-refractivity contribution is 0.553. The Hall–Kier alpha value is -0.610. The molecule has 2 heterocycles. The van der Waals surface area contributed by atoms with E-state index < -0.39 is 0 Å². The number of nitrogens with zero attached hydrogens (tertiary/aromatic N) is 2. The Labute approximate surface area is 121 Å². The Balaban J connectivity index is 2.01. The summed E-state index contributed by atoms with van der Waals surface area (Å²) in [6, 6.07) is 0. The summed E-state index contributed by atoms with van der Waals surface area (Å²) in [6.07, 6.45) is 4.94. The quantitative estimate of drug-likeness (QED) is 0.830. The molecule has 0 aromatic carbocycles. The van der Waals surface area contributed by atoms with E-state index in [0.29, 0.717) is 5.92 Å². The third-order valence-corrected chi connectivity index (χ3v) is 4.63. The molecule has 3 nitrogen and oxygen atoms in total. The van der Waals surface area contributed by atoms with Gasteiger partial charge in [-0.15, -0.1) is 11.3 Å². The van der Waals surface area contributed by atoms with Crippen molar-refractivity contribution in [2.75, 3.05) is 24.5 Å². The van der Waals surface area contributed by atoms with Crippen molar-refractivity contribution in [1.29, 1.82) is 0 Å². The summed E-state index contributed by atoms with van der Waals surface area (Å²) in [6.45, 7) is 11.2. The minimum Gasteiger partial charge on any atom is -0.348 e. The molecule has 0 amide bonds. The minimum absolute atomic E-state index is 0.709. The number of hydrogen-bond donors (Lipinski definition) is 1. The molecule has 19 heavy (non-hydrogen) atoms. The lowest BCUT2D eigenvalue weighted by atomic mass is 10.2. The van der Waals surface area contributed by atoms with Gasteiger partial charge < -0.3 is 10.2 Å². The van der Waals surface area contributed by atoms with E-state index in [-0.39, 0.29) is 0 Å². The van der Waals surface area contributed by atoms with Gasteiger partial charge in [0, 0.05) is 24.5 Å². The molecule has 108 valence electrons. The van der Waals surface area contributed by atoms with Crippen LogP contribution in [0.3, 0.4) is 0 Å². The second-order valence-electron chi connectivity index (χ2n) is 5.84. The average Bonchev–Trinajstić information content (AvgIpc) is 2.98. The Kier molecular flexibility index (Phi) is 5.64. The fraction of sp³-hybridized carbons (Fsp3) is 0.800. The molecule has 1 aliphatic heterocycles. The molecule has 0 spiro atoms. The van der Waals surface area contributed by atoms with Gasteiger partial charge >= 0.3 is 0 Å². The van der Waals surface area contributed by atoms with E-state index >= 15 is 0 Å². The van der Waals surface area contributed by atoms with E-state index in [9.17, 15) is 0 Å². The van der Waals surface area contributed by atoms with E-state index in [1.54, 1.807) is 0 Å². The Morgan fingerprint density at radius 1 is 1.32 bits per heavy atom. The summed E-state index contributed by atoms with van der Waals surface area (Å²) in [4.78, 5) is 8.79. The Morgan fingerprint density at radius 2 is 2.05 bits per heavy atom. The first-order chi connectivity index (χ1) is 9.20.